The summed E-state index contributed by atoms with van der Waals surface area (Å²) in [6.45, 7) is -4.39. The topological polar surface area (TPSA) is 87.1 Å². The van der Waals surface area contributed by atoms with Crippen molar-refractivity contribution in [3.05, 3.63) is 28.8 Å². The summed E-state index contributed by atoms with van der Waals surface area (Å²) in [4.78, 5) is 22.4. The highest BCUT2D eigenvalue weighted by atomic mass is 35.5. The fourth-order valence-electron chi connectivity index (χ4n) is 1.67. The van der Waals surface area contributed by atoms with Crippen molar-refractivity contribution in [1.29, 1.82) is 0 Å². The summed E-state index contributed by atoms with van der Waals surface area (Å²) < 4.78 is 28.9. The Kier molecular flexibility index (Phi) is 6.32. The Morgan fingerprint density at radius 1 is 1.24 bits per heavy atom. The smallest absolute Gasteiger partial charge is 0.387 e. The summed E-state index contributed by atoms with van der Waals surface area (Å²) in [6, 6.07) is 3.86. The van der Waals surface area contributed by atoms with Gasteiger partial charge in [-0.05, 0) is 18.2 Å². The number of benzene rings is 1. The largest absolute Gasteiger partial charge is 0.480 e. The molecule has 0 aliphatic carbocycles. The molecule has 0 aliphatic heterocycles. The monoisotopic (exact) mass is 323 g/mol. The highest BCUT2D eigenvalue weighted by molar-refractivity contribution is 6.30. The van der Waals surface area contributed by atoms with Gasteiger partial charge in [0, 0.05) is 17.1 Å². The maximum atomic E-state index is 12.3. The van der Waals surface area contributed by atoms with Crippen LogP contribution in [0.2, 0.25) is 5.02 Å². The number of aliphatic carboxylic acids is 2. The first-order chi connectivity index (χ1) is 9.77. The van der Waals surface area contributed by atoms with E-state index in [1.165, 1.54) is 18.2 Å². The number of carbonyl (C=O) groups is 2. The van der Waals surface area contributed by atoms with Crippen LogP contribution in [0.5, 0.6) is 5.75 Å². The molecule has 0 saturated carbocycles. The molecule has 116 valence electrons. The Hall–Kier alpha value is -1.93. The molecule has 0 unspecified atom stereocenters. The molecule has 0 radical (unpaired) electrons. The Labute approximate surface area is 123 Å². The molecule has 0 spiro atoms. The average Bonchev–Trinajstić information content (AvgIpc) is 2.30. The van der Waals surface area contributed by atoms with E-state index in [0.717, 1.165) is 4.90 Å². The molecule has 0 saturated heterocycles. The molecule has 21 heavy (non-hydrogen) atoms. The van der Waals surface area contributed by atoms with Gasteiger partial charge in [-0.15, -0.1) is 0 Å². The molecular weight excluding hydrogens is 312 g/mol. The first kappa shape index (κ1) is 17.1. The Morgan fingerprint density at radius 2 is 1.81 bits per heavy atom. The zero-order valence-electron chi connectivity index (χ0n) is 10.6. The number of halogens is 3. The minimum atomic E-state index is -3.06. The van der Waals surface area contributed by atoms with E-state index in [4.69, 9.17) is 21.8 Å². The van der Waals surface area contributed by atoms with Gasteiger partial charge in [0.1, 0.15) is 5.75 Å². The molecule has 0 heterocycles. The van der Waals surface area contributed by atoms with Gasteiger partial charge >= 0.3 is 18.6 Å². The number of hydrogen-bond donors (Lipinski definition) is 2. The Morgan fingerprint density at radius 3 is 2.29 bits per heavy atom. The number of ether oxygens (including phenoxy) is 1. The molecule has 9 heteroatoms. The van der Waals surface area contributed by atoms with E-state index >= 15 is 0 Å². The van der Waals surface area contributed by atoms with Gasteiger partial charge in [-0.25, -0.2) is 0 Å². The van der Waals surface area contributed by atoms with E-state index in [9.17, 15) is 18.4 Å². The van der Waals surface area contributed by atoms with Crippen molar-refractivity contribution < 1.29 is 33.3 Å². The zero-order valence-corrected chi connectivity index (χ0v) is 11.4. The van der Waals surface area contributed by atoms with Gasteiger partial charge in [0.25, 0.3) is 0 Å². The lowest BCUT2D eigenvalue weighted by Gasteiger charge is -2.20. The number of hydrogen-bond acceptors (Lipinski definition) is 4. The second-order valence-electron chi connectivity index (χ2n) is 4.06. The van der Waals surface area contributed by atoms with Crippen LogP contribution in [-0.2, 0) is 16.1 Å². The summed E-state index contributed by atoms with van der Waals surface area (Å²) in [7, 11) is 0. The van der Waals surface area contributed by atoms with Gasteiger partial charge in [0.15, 0.2) is 0 Å². The van der Waals surface area contributed by atoms with Gasteiger partial charge < -0.3 is 14.9 Å². The summed E-state index contributed by atoms with van der Waals surface area (Å²) in [6.07, 6.45) is 0. The fraction of sp³-hybridized carbons (Fsp3) is 0.333. The third kappa shape index (κ3) is 6.37. The molecule has 1 aromatic carbocycles. The lowest BCUT2D eigenvalue weighted by Crippen LogP contribution is -2.34. The summed E-state index contributed by atoms with van der Waals surface area (Å²) >= 11 is 5.75. The van der Waals surface area contributed by atoms with Crippen molar-refractivity contribution in [2.45, 2.75) is 13.2 Å². The predicted molar refractivity (Wildman–Crippen MR) is 68.6 cm³/mol. The van der Waals surface area contributed by atoms with Crippen LogP contribution in [0.25, 0.3) is 0 Å². The number of nitrogens with zero attached hydrogens (tertiary/aromatic N) is 1. The molecule has 6 nitrogen and oxygen atoms in total. The molecule has 2 N–H and O–H groups in total. The van der Waals surface area contributed by atoms with Crippen molar-refractivity contribution in [3.8, 4) is 5.75 Å². The Bertz CT molecular complexity index is 510. The van der Waals surface area contributed by atoms with Gasteiger partial charge in [0.2, 0.25) is 0 Å². The van der Waals surface area contributed by atoms with E-state index in [-0.39, 0.29) is 22.9 Å². The quantitative estimate of drug-likeness (QED) is 0.760. The summed E-state index contributed by atoms with van der Waals surface area (Å²) in [5.74, 6) is -2.67. The minimum absolute atomic E-state index is 0.172. The second kappa shape index (κ2) is 7.75. The molecule has 0 aromatic heterocycles. The number of carboxylic acids is 2. The van der Waals surface area contributed by atoms with Crippen molar-refractivity contribution in [2.75, 3.05) is 13.1 Å². The molecule has 1 rings (SSSR count). The SMILES string of the molecule is O=C(O)CN(CC(=O)O)Cc1cc(Cl)ccc1OC(F)F. The maximum absolute atomic E-state index is 12.3. The van der Waals surface area contributed by atoms with Crippen LogP contribution in [-0.4, -0.2) is 46.8 Å². The van der Waals surface area contributed by atoms with E-state index in [1.54, 1.807) is 0 Å². The van der Waals surface area contributed by atoms with Gasteiger partial charge in [0.05, 0.1) is 13.1 Å². The number of carboxylic acid groups (broad SMARTS) is 2. The van der Waals surface area contributed by atoms with Crippen LogP contribution < -0.4 is 4.74 Å². The van der Waals surface area contributed by atoms with Crippen molar-refractivity contribution >= 4 is 23.5 Å². The highest BCUT2D eigenvalue weighted by Crippen LogP contribution is 2.25. The van der Waals surface area contributed by atoms with Crippen LogP contribution in [0, 0.1) is 0 Å². The highest BCUT2D eigenvalue weighted by Gasteiger charge is 2.17. The van der Waals surface area contributed by atoms with Crippen molar-refractivity contribution in [3.63, 3.8) is 0 Å². The summed E-state index contributed by atoms with van der Waals surface area (Å²) in [5.41, 5.74) is 0.172. The van der Waals surface area contributed by atoms with Crippen molar-refractivity contribution in [2.24, 2.45) is 0 Å². The maximum Gasteiger partial charge on any atom is 0.387 e. The number of alkyl halides is 2. The lowest BCUT2D eigenvalue weighted by atomic mass is 10.2. The zero-order chi connectivity index (χ0) is 16.0. The molecular formula is C12H12ClF2NO5. The molecule has 0 bridgehead atoms. The van der Waals surface area contributed by atoms with Crippen LogP contribution >= 0.6 is 11.6 Å². The third-order valence-corrected chi connectivity index (χ3v) is 2.59. The van der Waals surface area contributed by atoms with Crippen LogP contribution in [0.4, 0.5) is 8.78 Å². The molecule has 0 fully saturated rings. The molecule has 1 aromatic rings. The minimum Gasteiger partial charge on any atom is -0.480 e. The van der Waals surface area contributed by atoms with Gasteiger partial charge in [-0.1, -0.05) is 11.6 Å². The number of rotatable bonds is 8. The van der Waals surface area contributed by atoms with E-state index in [0.29, 0.717) is 0 Å². The third-order valence-electron chi connectivity index (χ3n) is 2.35. The van der Waals surface area contributed by atoms with Crippen molar-refractivity contribution in [1.82, 2.24) is 4.90 Å². The first-order valence-electron chi connectivity index (χ1n) is 5.67. The molecule has 0 aliphatic rings. The molecule has 0 amide bonds. The van der Waals surface area contributed by atoms with E-state index in [1.807, 2.05) is 0 Å². The summed E-state index contributed by atoms with van der Waals surface area (Å²) in [5, 5.41) is 17.7. The van der Waals surface area contributed by atoms with Crippen LogP contribution in [0.15, 0.2) is 18.2 Å². The standard InChI is InChI=1S/C12H12ClF2NO5/c13-8-1-2-9(21-12(14)15)7(3-8)4-16(5-10(17)18)6-11(19)20/h1-3,12H,4-6H2,(H,17,18)(H,19,20). The Balaban J connectivity index is 2.97. The average molecular weight is 324 g/mol. The van der Waals surface area contributed by atoms with Gasteiger partial charge in [-0.2, -0.15) is 8.78 Å². The normalized spacial score (nSPS) is 10.9. The van der Waals surface area contributed by atoms with Crippen LogP contribution in [0.3, 0.4) is 0 Å². The van der Waals surface area contributed by atoms with Gasteiger partial charge in [-0.3, -0.25) is 14.5 Å². The van der Waals surface area contributed by atoms with E-state index in [2.05, 4.69) is 4.74 Å². The van der Waals surface area contributed by atoms with E-state index < -0.39 is 31.6 Å². The first-order valence-corrected chi connectivity index (χ1v) is 6.05. The fourth-order valence-corrected chi connectivity index (χ4v) is 1.87. The second-order valence-corrected chi connectivity index (χ2v) is 4.50. The lowest BCUT2D eigenvalue weighted by molar-refractivity contribution is -0.142. The van der Waals surface area contributed by atoms with Crippen LogP contribution in [0.1, 0.15) is 5.56 Å². The predicted octanol–water partition coefficient (Wildman–Crippen LogP) is 1.91. The molecule has 0 atom stereocenters.